The Labute approximate surface area is 105 Å². The molecule has 17 heavy (non-hydrogen) atoms. The summed E-state index contributed by atoms with van der Waals surface area (Å²) in [5.74, 6) is -0.520. The summed E-state index contributed by atoms with van der Waals surface area (Å²) in [7, 11) is 0. The lowest BCUT2D eigenvalue weighted by atomic mass is 10.2. The Morgan fingerprint density at radius 3 is 2.94 bits per heavy atom. The molecule has 0 bridgehead atoms. The van der Waals surface area contributed by atoms with Crippen LogP contribution in [0.2, 0.25) is 5.02 Å². The number of rotatable bonds is 6. The lowest BCUT2D eigenvalue weighted by molar-refractivity contribution is 0.167. The molecule has 0 saturated carbocycles. The Kier molecular flexibility index (Phi) is 5.25. The second-order valence-corrected chi connectivity index (χ2v) is 4.20. The zero-order valence-electron chi connectivity index (χ0n) is 9.72. The maximum Gasteiger partial charge on any atom is 0.143 e. The first-order valence-corrected chi connectivity index (χ1v) is 5.59. The van der Waals surface area contributed by atoms with E-state index < -0.39 is 5.82 Å². The number of anilines is 2. The molecule has 0 unspecified atom stereocenters. The van der Waals surface area contributed by atoms with Crippen LogP contribution in [0.5, 0.6) is 0 Å². The van der Waals surface area contributed by atoms with Gasteiger partial charge >= 0.3 is 0 Å². The van der Waals surface area contributed by atoms with Crippen LogP contribution in [0.4, 0.5) is 15.8 Å². The van der Waals surface area contributed by atoms with Crippen molar-refractivity contribution in [2.75, 3.05) is 30.8 Å². The number of nitrogens with two attached hydrogens (primary N) is 1. The highest BCUT2D eigenvalue weighted by Gasteiger charge is 2.05. The molecule has 0 amide bonds. The number of hydrogen-bond donors (Lipinski definition) is 2. The molecule has 1 rings (SSSR count). The van der Waals surface area contributed by atoms with E-state index in [0.717, 1.165) is 5.57 Å². The van der Waals surface area contributed by atoms with Crippen molar-refractivity contribution in [1.29, 1.82) is 0 Å². The summed E-state index contributed by atoms with van der Waals surface area (Å²) in [6.45, 7) is 7.23. The topological polar surface area (TPSA) is 47.3 Å². The van der Waals surface area contributed by atoms with Gasteiger partial charge in [-0.2, -0.15) is 0 Å². The third-order valence-corrected chi connectivity index (χ3v) is 2.29. The quantitative estimate of drug-likeness (QED) is 0.468. The molecule has 0 radical (unpaired) electrons. The first kappa shape index (κ1) is 13.8. The zero-order chi connectivity index (χ0) is 12.8. The van der Waals surface area contributed by atoms with Gasteiger partial charge in [0.1, 0.15) is 5.82 Å². The molecule has 0 saturated heterocycles. The molecule has 0 aliphatic carbocycles. The van der Waals surface area contributed by atoms with Gasteiger partial charge in [0.2, 0.25) is 0 Å². The van der Waals surface area contributed by atoms with Gasteiger partial charge in [-0.1, -0.05) is 23.8 Å². The fraction of sp³-hybridized carbons (Fsp3) is 0.333. The molecule has 0 spiro atoms. The molecule has 0 heterocycles. The highest BCUT2D eigenvalue weighted by Crippen LogP contribution is 2.25. The molecule has 1 aromatic rings. The van der Waals surface area contributed by atoms with Crippen LogP contribution in [0.25, 0.3) is 0 Å². The van der Waals surface area contributed by atoms with Gasteiger partial charge in [-0.3, -0.25) is 0 Å². The third kappa shape index (κ3) is 4.63. The molecule has 0 aliphatic rings. The largest absolute Gasteiger partial charge is 0.397 e. The smallest absolute Gasteiger partial charge is 0.143 e. The van der Waals surface area contributed by atoms with Crippen LogP contribution >= 0.6 is 11.6 Å². The van der Waals surface area contributed by atoms with Crippen molar-refractivity contribution in [3.8, 4) is 0 Å². The van der Waals surface area contributed by atoms with E-state index in [0.29, 0.717) is 31.1 Å². The molecule has 5 heteroatoms. The van der Waals surface area contributed by atoms with Crippen molar-refractivity contribution in [2.45, 2.75) is 6.92 Å². The minimum atomic E-state index is -0.520. The van der Waals surface area contributed by atoms with Gasteiger partial charge in [-0.05, 0) is 13.0 Å². The van der Waals surface area contributed by atoms with Crippen LogP contribution in [0.15, 0.2) is 24.3 Å². The highest BCUT2D eigenvalue weighted by molar-refractivity contribution is 6.31. The Balaban J connectivity index is 2.41. The second-order valence-electron chi connectivity index (χ2n) is 3.79. The number of ether oxygens (including phenoxy) is 1. The maximum absolute atomic E-state index is 13.0. The monoisotopic (exact) mass is 258 g/mol. The first-order chi connectivity index (χ1) is 8.00. The molecular formula is C12H16ClFN2O. The van der Waals surface area contributed by atoms with E-state index in [9.17, 15) is 4.39 Å². The molecule has 0 atom stereocenters. The molecule has 1 aromatic carbocycles. The van der Waals surface area contributed by atoms with E-state index in [1.807, 2.05) is 6.92 Å². The summed E-state index contributed by atoms with van der Waals surface area (Å²) in [6, 6.07) is 2.66. The Morgan fingerprint density at radius 1 is 1.59 bits per heavy atom. The van der Waals surface area contributed by atoms with Crippen molar-refractivity contribution in [1.82, 2.24) is 0 Å². The van der Waals surface area contributed by atoms with Crippen molar-refractivity contribution >= 4 is 23.0 Å². The standard InChI is InChI=1S/C12H16ClFN2O/c1-8(2)7-17-4-3-16-12-5-9(13)10(14)6-11(12)15/h5-6,16H,1,3-4,7,15H2,2H3. The van der Waals surface area contributed by atoms with Crippen LogP contribution < -0.4 is 11.1 Å². The Bertz CT molecular complexity index is 410. The van der Waals surface area contributed by atoms with Gasteiger partial charge in [0, 0.05) is 12.6 Å². The average molecular weight is 259 g/mol. The number of nitrogen functional groups attached to an aromatic ring is 1. The van der Waals surface area contributed by atoms with Crippen molar-refractivity contribution in [3.05, 3.63) is 35.1 Å². The summed E-state index contributed by atoms with van der Waals surface area (Å²) in [5.41, 5.74) is 7.54. The van der Waals surface area contributed by atoms with Crippen LogP contribution in [-0.2, 0) is 4.74 Å². The molecular weight excluding hydrogens is 243 g/mol. The fourth-order valence-corrected chi connectivity index (χ4v) is 1.38. The van der Waals surface area contributed by atoms with E-state index in [1.165, 1.54) is 12.1 Å². The number of nitrogens with one attached hydrogen (secondary N) is 1. The van der Waals surface area contributed by atoms with Crippen LogP contribution in [0.3, 0.4) is 0 Å². The van der Waals surface area contributed by atoms with Crippen LogP contribution in [0.1, 0.15) is 6.92 Å². The summed E-state index contributed by atoms with van der Waals surface area (Å²) < 4.78 is 18.3. The van der Waals surface area contributed by atoms with Crippen molar-refractivity contribution in [2.24, 2.45) is 0 Å². The Morgan fingerprint density at radius 2 is 2.29 bits per heavy atom. The average Bonchev–Trinajstić information content (AvgIpc) is 2.24. The van der Waals surface area contributed by atoms with Crippen molar-refractivity contribution < 1.29 is 9.13 Å². The first-order valence-electron chi connectivity index (χ1n) is 5.21. The van der Waals surface area contributed by atoms with E-state index in [4.69, 9.17) is 22.1 Å². The molecule has 94 valence electrons. The molecule has 3 nitrogen and oxygen atoms in total. The SMILES string of the molecule is C=C(C)COCCNc1cc(Cl)c(F)cc1N. The van der Waals surface area contributed by atoms with E-state index in [1.54, 1.807) is 0 Å². The minimum absolute atomic E-state index is 0.0459. The highest BCUT2D eigenvalue weighted by atomic mass is 35.5. The summed E-state index contributed by atoms with van der Waals surface area (Å²) in [5, 5.41) is 3.07. The number of hydrogen-bond acceptors (Lipinski definition) is 3. The van der Waals surface area contributed by atoms with Crippen molar-refractivity contribution in [3.63, 3.8) is 0 Å². The predicted octanol–water partition coefficient (Wildman–Crippen LogP) is 3.07. The number of benzene rings is 1. The second kappa shape index (κ2) is 6.47. The fourth-order valence-electron chi connectivity index (χ4n) is 1.22. The zero-order valence-corrected chi connectivity index (χ0v) is 10.5. The molecule has 0 fully saturated rings. The van der Waals surface area contributed by atoms with Gasteiger partial charge in [0.05, 0.1) is 29.6 Å². The third-order valence-electron chi connectivity index (χ3n) is 2.00. The van der Waals surface area contributed by atoms with Gasteiger partial charge in [0.15, 0.2) is 0 Å². The van der Waals surface area contributed by atoms with Gasteiger partial charge in [-0.15, -0.1) is 0 Å². The van der Waals surface area contributed by atoms with E-state index >= 15 is 0 Å². The van der Waals surface area contributed by atoms with E-state index in [2.05, 4.69) is 11.9 Å². The van der Waals surface area contributed by atoms with Gasteiger partial charge in [-0.25, -0.2) is 4.39 Å². The Hall–Kier alpha value is -1.26. The normalized spacial score (nSPS) is 10.3. The lowest BCUT2D eigenvalue weighted by Crippen LogP contribution is -2.11. The lowest BCUT2D eigenvalue weighted by Gasteiger charge is -2.10. The van der Waals surface area contributed by atoms with Crippen LogP contribution in [-0.4, -0.2) is 19.8 Å². The summed E-state index contributed by atoms with van der Waals surface area (Å²) >= 11 is 5.65. The molecule has 3 N–H and O–H groups in total. The maximum atomic E-state index is 13.0. The molecule has 0 aromatic heterocycles. The summed E-state index contributed by atoms with van der Waals surface area (Å²) in [6.07, 6.45) is 0. The van der Waals surface area contributed by atoms with Gasteiger partial charge < -0.3 is 15.8 Å². The van der Waals surface area contributed by atoms with E-state index in [-0.39, 0.29) is 5.02 Å². The number of halogens is 2. The predicted molar refractivity (Wildman–Crippen MR) is 69.9 cm³/mol. The van der Waals surface area contributed by atoms with Crippen LogP contribution in [0, 0.1) is 5.82 Å². The summed E-state index contributed by atoms with van der Waals surface area (Å²) in [4.78, 5) is 0. The minimum Gasteiger partial charge on any atom is -0.397 e. The molecule has 0 aliphatic heterocycles. The van der Waals surface area contributed by atoms with Gasteiger partial charge in [0.25, 0.3) is 0 Å².